The summed E-state index contributed by atoms with van der Waals surface area (Å²) in [6.07, 6.45) is 0.802. The molecule has 1 aromatic rings. The summed E-state index contributed by atoms with van der Waals surface area (Å²) in [4.78, 5) is 0. The zero-order chi connectivity index (χ0) is 9.14. The molecule has 12 heavy (non-hydrogen) atoms. The molecule has 0 aliphatic heterocycles. The molecule has 1 N–H and O–H groups in total. The van der Waals surface area contributed by atoms with Crippen molar-refractivity contribution in [2.24, 2.45) is 0 Å². The van der Waals surface area contributed by atoms with Gasteiger partial charge in [0.05, 0.1) is 7.11 Å². The Labute approximate surface area is 80.3 Å². The van der Waals surface area contributed by atoms with Crippen LogP contribution in [0.25, 0.3) is 0 Å². The molecular weight excluding hydrogens is 220 g/mol. The first-order valence-electron chi connectivity index (χ1n) is 3.74. The SMILES string of the molecule is CCc1c(O)cc(OC)cc1Br. The van der Waals surface area contributed by atoms with E-state index in [1.165, 1.54) is 0 Å². The van der Waals surface area contributed by atoms with Crippen LogP contribution in [0.4, 0.5) is 0 Å². The lowest BCUT2D eigenvalue weighted by atomic mass is 10.1. The largest absolute Gasteiger partial charge is 0.507 e. The molecule has 0 saturated heterocycles. The van der Waals surface area contributed by atoms with Gasteiger partial charge in [-0.3, -0.25) is 0 Å². The van der Waals surface area contributed by atoms with Crippen LogP contribution in [0.2, 0.25) is 0 Å². The van der Waals surface area contributed by atoms with Gasteiger partial charge in [0, 0.05) is 16.1 Å². The van der Waals surface area contributed by atoms with Crippen LogP contribution < -0.4 is 4.74 Å². The fourth-order valence-electron chi connectivity index (χ4n) is 1.07. The van der Waals surface area contributed by atoms with Gasteiger partial charge in [-0.15, -0.1) is 0 Å². The van der Waals surface area contributed by atoms with E-state index in [2.05, 4.69) is 15.9 Å². The van der Waals surface area contributed by atoms with Gasteiger partial charge in [-0.25, -0.2) is 0 Å². The summed E-state index contributed by atoms with van der Waals surface area (Å²) >= 11 is 3.36. The predicted octanol–water partition coefficient (Wildman–Crippen LogP) is 2.73. The Morgan fingerprint density at radius 3 is 2.58 bits per heavy atom. The highest BCUT2D eigenvalue weighted by atomic mass is 79.9. The number of phenolic OH excluding ortho intramolecular Hbond substituents is 1. The van der Waals surface area contributed by atoms with Crippen LogP contribution in [0.3, 0.4) is 0 Å². The number of ether oxygens (including phenoxy) is 1. The first kappa shape index (κ1) is 9.39. The molecule has 0 amide bonds. The van der Waals surface area contributed by atoms with E-state index in [0.717, 1.165) is 16.5 Å². The summed E-state index contributed by atoms with van der Waals surface area (Å²) in [5.74, 6) is 0.945. The normalized spacial score (nSPS) is 9.92. The van der Waals surface area contributed by atoms with E-state index in [1.807, 2.05) is 13.0 Å². The molecule has 0 aromatic heterocycles. The molecule has 0 spiro atoms. The van der Waals surface area contributed by atoms with Gasteiger partial charge in [0.2, 0.25) is 0 Å². The van der Waals surface area contributed by atoms with Gasteiger partial charge < -0.3 is 9.84 Å². The van der Waals surface area contributed by atoms with E-state index >= 15 is 0 Å². The lowest BCUT2D eigenvalue weighted by Crippen LogP contribution is -1.87. The Balaban J connectivity index is 3.18. The number of aromatic hydroxyl groups is 1. The van der Waals surface area contributed by atoms with E-state index in [0.29, 0.717) is 5.75 Å². The smallest absolute Gasteiger partial charge is 0.123 e. The fourth-order valence-corrected chi connectivity index (χ4v) is 1.77. The second kappa shape index (κ2) is 3.81. The summed E-state index contributed by atoms with van der Waals surface area (Å²) in [6, 6.07) is 3.46. The molecule has 0 unspecified atom stereocenters. The van der Waals surface area contributed by atoms with Crippen LogP contribution >= 0.6 is 15.9 Å². The van der Waals surface area contributed by atoms with Gasteiger partial charge in [0.15, 0.2) is 0 Å². The summed E-state index contributed by atoms with van der Waals surface area (Å²) in [7, 11) is 1.58. The van der Waals surface area contributed by atoms with Crippen molar-refractivity contribution >= 4 is 15.9 Å². The maximum Gasteiger partial charge on any atom is 0.123 e. The number of methoxy groups -OCH3 is 1. The van der Waals surface area contributed by atoms with Crippen molar-refractivity contribution in [1.29, 1.82) is 0 Å². The maximum atomic E-state index is 9.49. The topological polar surface area (TPSA) is 29.5 Å². The molecule has 0 atom stereocenters. The van der Waals surface area contributed by atoms with E-state index in [4.69, 9.17) is 4.74 Å². The second-order valence-corrected chi connectivity index (χ2v) is 3.31. The van der Waals surface area contributed by atoms with Gasteiger partial charge in [-0.2, -0.15) is 0 Å². The molecule has 0 radical (unpaired) electrons. The molecule has 0 bridgehead atoms. The maximum absolute atomic E-state index is 9.49. The molecule has 0 aliphatic rings. The fraction of sp³-hybridized carbons (Fsp3) is 0.333. The molecule has 1 rings (SSSR count). The van der Waals surface area contributed by atoms with Crippen LogP contribution in [-0.2, 0) is 6.42 Å². The monoisotopic (exact) mass is 230 g/mol. The number of halogens is 1. The zero-order valence-corrected chi connectivity index (χ0v) is 8.68. The van der Waals surface area contributed by atoms with Crippen LogP contribution in [0.15, 0.2) is 16.6 Å². The Morgan fingerprint density at radius 2 is 2.17 bits per heavy atom. The molecule has 0 saturated carbocycles. The second-order valence-electron chi connectivity index (χ2n) is 2.46. The van der Waals surface area contributed by atoms with Gasteiger partial charge in [-0.1, -0.05) is 22.9 Å². The highest BCUT2D eigenvalue weighted by Crippen LogP contribution is 2.31. The summed E-state index contributed by atoms with van der Waals surface area (Å²) in [5, 5.41) is 9.49. The number of benzene rings is 1. The lowest BCUT2D eigenvalue weighted by molar-refractivity contribution is 0.406. The first-order valence-corrected chi connectivity index (χ1v) is 4.53. The zero-order valence-electron chi connectivity index (χ0n) is 7.10. The molecule has 0 heterocycles. The standard InChI is InChI=1S/C9H11BrO2/c1-3-7-8(10)4-6(12-2)5-9(7)11/h4-5,11H,3H2,1-2H3. The van der Waals surface area contributed by atoms with Crippen molar-refractivity contribution in [2.75, 3.05) is 7.11 Å². The van der Waals surface area contributed by atoms with E-state index < -0.39 is 0 Å². The van der Waals surface area contributed by atoms with Crippen molar-refractivity contribution < 1.29 is 9.84 Å². The molecule has 3 heteroatoms. The average Bonchev–Trinajstić information content (AvgIpc) is 2.03. The number of hydrogen-bond donors (Lipinski definition) is 1. The van der Waals surface area contributed by atoms with Crippen molar-refractivity contribution in [3.63, 3.8) is 0 Å². The third-order valence-corrected chi connectivity index (χ3v) is 2.44. The summed E-state index contributed by atoms with van der Waals surface area (Å²) in [6.45, 7) is 1.99. The minimum atomic E-state index is 0.281. The Hall–Kier alpha value is -0.700. The van der Waals surface area contributed by atoms with Crippen LogP contribution in [-0.4, -0.2) is 12.2 Å². The minimum Gasteiger partial charge on any atom is -0.507 e. The molecular formula is C9H11BrO2. The van der Waals surface area contributed by atoms with Crippen molar-refractivity contribution in [3.05, 3.63) is 22.2 Å². The average molecular weight is 231 g/mol. The van der Waals surface area contributed by atoms with E-state index in [9.17, 15) is 5.11 Å². The quantitative estimate of drug-likeness (QED) is 0.847. The molecule has 0 fully saturated rings. The molecule has 0 aliphatic carbocycles. The van der Waals surface area contributed by atoms with Gasteiger partial charge in [-0.05, 0) is 12.5 Å². The Morgan fingerprint density at radius 1 is 1.50 bits per heavy atom. The van der Waals surface area contributed by atoms with Crippen LogP contribution in [0.1, 0.15) is 12.5 Å². The lowest BCUT2D eigenvalue weighted by Gasteiger charge is -2.07. The van der Waals surface area contributed by atoms with Crippen molar-refractivity contribution in [1.82, 2.24) is 0 Å². The van der Waals surface area contributed by atoms with E-state index in [-0.39, 0.29) is 5.75 Å². The third-order valence-electron chi connectivity index (χ3n) is 1.73. The molecule has 2 nitrogen and oxygen atoms in total. The minimum absolute atomic E-state index is 0.281. The third kappa shape index (κ3) is 1.72. The Kier molecular flexibility index (Phi) is 2.98. The van der Waals surface area contributed by atoms with Gasteiger partial charge >= 0.3 is 0 Å². The van der Waals surface area contributed by atoms with Crippen LogP contribution in [0.5, 0.6) is 11.5 Å². The summed E-state index contributed by atoms with van der Waals surface area (Å²) in [5.41, 5.74) is 0.913. The van der Waals surface area contributed by atoms with E-state index in [1.54, 1.807) is 13.2 Å². The van der Waals surface area contributed by atoms with Gasteiger partial charge in [0.1, 0.15) is 11.5 Å². The van der Waals surface area contributed by atoms with Crippen LogP contribution in [0, 0.1) is 0 Å². The van der Waals surface area contributed by atoms with Crippen molar-refractivity contribution in [2.45, 2.75) is 13.3 Å². The van der Waals surface area contributed by atoms with Gasteiger partial charge in [0.25, 0.3) is 0 Å². The Bertz CT molecular complexity index is 261. The highest BCUT2D eigenvalue weighted by molar-refractivity contribution is 9.10. The number of hydrogen-bond acceptors (Lipinski definition) is 2. The number of phenols is 1. The predicted molar refractivity (Wildman–Crippen MR) is 51.7 cm³/mol. The first-order chi connectivity index (χ1) is 5.69. The number of rotatable bonds is 2. The van der Waals surface area contributed by atoms with Crippen molar-refractivity contribution in [3.8, 4) is 11.5 Å². The molecule has 1 aromatic carbocycles. The summed E-state index contributed by atoms with van der Waals surface area (Å²) < 4.78 is 5.88. The highest BCUT2D eigenvalue weighted by Gasteiger charge is 2.06. The molecule has 66 valence electrons.